The topological polar surface area (TPSA) is 77.9 Å². The zero-order chi connectivity index (χ0) is 13.2. The molecule has 1 N–H and O–H groups in total. The molecule has 0 bridgehead atoms. The van der Waals surface area contributed by atoms with Crippen molar-refractivity contribution < 1.29 is 18.3 Å². The first kappa shape index (κ1) is 14.7. The highest BCUT2D eigenvalue weighted by Gasteiger charge is 2.39. The van der Waals surface area contributed by atoms with E-state index in [4.69, 9.17) is 5.11 Å². The van der Waals surface area contributed by atoms with Crippen LogP contribution in [0.25, 0.3) is 0 Å². The average molecular weight is 282 g/mol. The zero-order valence-corrected chi connectivity index (χ0v) is 11.8. The Morgan fingerprint density at radius 1 is 1.53 bits per heavy atom. The molecule has 0 aliphatic carbocycles. The van der Waals surface area contributed by atoms with E-state index in [9.17, 15) is 13.2 Å². The van der Waals surface area contributed by atoms with Gasteiger partial charge < -0.3 is 5.11 Å². The molecule has 0 amide bonds. The van der Waals surface area contributed by atoms with Gasteiger partial charge in [0.15, 0.2) is 0 Å². The first-order valence-electron chi connectivity index (χ1n) is 5.34. The molecule has 1 fully saturated rings. The molecule has 0 aromatic heterocycles. The molecule has 6 nitrogen and oxygen atoms in total. The van der Waals surface area contributed by atoms with Crippen LogP contribution in [0.5, 0.6) is 0 Å². The molecule has 0 aromatic carbocycles. The fraction of sp³-hybridized carbons (Fsp3) is 0.889. The third-order valence-corrected chi connectivity index (χ3v) is 5.95. The Labute approximate surface area is 106 Å². The molecular formula is C9H18N2O4S2. The highest BCUT2D eigenvalue weighted by molar-refractivity contribution is 7.99. The molecule has 17 heavy (non-hydrogen) atoms. The number of aliphatic carboxylic acids is 1. The normalized spacial score (nSPS) is 23.2. The van der Waals surface area contributed by atoms with Crippen molar-refractivity contribution in [3.8, 4) is 0 Å². The van der Waals surface area contributed by atoms with E-state index in [1.807, 2.05) is 0 Å². The van der Waals surface area contributed by atoms with Crippen molar-refractivity contribution in [2.75, 3.05) is 25.1 Å². The second-order valence-corrected chi connectivity index (χ2v) is 7.25. The average Bonchev–Trinajstić information content (AvgIpc) is 2.27. The Morgan fingerprint density at radius 3 is 2.59 bits per heavy atom. The lowest BCUT2D eigenvalue weighted by atomic mass is 10.3. The van der Waals surface area contributed by atoms with E-state index in [-0.39, 0.29) is 12.6 Å². The van der Waals surface area contributed by atoms with Crippen LogP contribution in [0.2, 0.25) is 0 Å². The van der Waals surface area contributed by atoms with Crippen molar-refractivity contribution in [1.82, 2.24) is 8.61 Å². The molecule has 1 heterocycles. The molecule has 8 heteroatoms. The van der Waals surface area contributed by atoms with Crippen molar-refractivity contribution >= 4 is 27.9 Å². The van der Waals surface area contributed by atoms with Crippen LogP contribution < -0.4 is 0 Å². The van der Waals surface area contributed by atoms with Gasteiger partial charge in [-0.15, -0.1) is 0 Å². The minimum atomic E-state index is -3.68. The van der Waals surface area contributed by atoms with Crippen molar-refractivity contribution in [3.05, 3.63) is 0 Å². The molecule has 100 valence electrons. The quantitative estimate of drug-likeness (QED) is 0.789. The van der Waals surface area contributed by atoms with Crippen LogP contribution in [0.3, 0.4) is 0 Å². The summed E-state index contributed by atoms with van der Waals surface area (Å²) in [5.41, 5.74) is 0. The number of hydrogen-bond acceptors (Lipinski definition) is 4. The number of thioether (sulfide) groups is 1. The maximum atomic E-state index is 12.2. The van der Waals surface area contributed by atoms with E-state index in [0.717, 1.165) is 4.31 Å². The summed E-state index contributed by atoms with van der Waals surface area (Å²) in [6.07, 6.45) is 0. The molecule has 0 radical (unpaired) electrons. The van der Waals surface area contributed by atoms with Crippen molar-refractivity contribution in [3.63, 3.8) is 0 Å². The smallest absolute Gasteiger partial charge is 0.322 e. The lowest BCUT2D eigenvalue weighted by Crippen LogP contribution is -2.55. The lowest BCUT2D eigenvalue weighted by Gasteiger charge is -2.35. The maximum Gasteiger partial charge on any atom is 0.322 e. The third kappa shape index (κ3) is 3.12. The summed E-state index contributed by atoms with van der Waals surface area (Å²) in [5.74, 6) is -0.145. The Kier molecular flexibility index (Phi) is 4.82. The third-order valence-electron chi connectivity index (χ3n) is 2.75. The van der Waals surface area contributed by atoms with Crippen LogP contribution in [-0.2, 0) is 15.0 Å². The first-order chi connectivity index (χ1) is 7.78. The molecule has 1 aliphatic rings. The van der Waals surface area contributed by atoms with Crippen LogP contribution in [0.1, 0.15) is 13.8 Å². The lowest BCUT2D eigenvalue weighted by molar-refractivity contribution is -0.140. The number of rotatable bonds is 4. The van der Waals surface area contributed by atoms with Crippen molar-refractivity contribution in [2.45, 2.75) is 25.9 Å². The van der Waals surface area contributed by atoms with Crippen molar-refractivity contribution in [2.24, 2.45) is 0 Å². The SMILES string of the molecule is CC(C)N(C)S(=O)(=O)N1CCSCC1C(=O)O. The summed E-state index contributed by atoms with van der Waals surface area (Å²) in [4.78, 5) is 11.1. The van der Waals surface area contributed by atoms with E-state index in [2.05, 4.69) is 0 Å². The summed E-state index contributed by atoms with van der Waals surface area (Å²) in [6.45, 7) is 3.76. The molecule has 0 spiro atoms. The van der Waals surface area contributed by atoms with Crippen LogP contribution in [-0.4, -0.2) is 65.3 Å². The maximum absolute atomic E-state index is 12.2. The summed E-state index contributed by atoms with van der Waals surface area (Å²) < 4.78 is 26.7. The van der Waals surface area contributed by atoms with E-state index in [1.165, 1.54) is 23.1 Å². The molecule has 1 aliphatic heterocycles. The van der Waals surface area contributed by atoms with E-state index >= 15 is 0 Å². The minimum absolute atomic E-state index is 0.191. The predicted molar refractivity (Wildman–Crippen MR) is 67.3 cm³/mol. The fourth-order valence-corrected chi connectivity index (χ4v) is 4.41. The van der Waals surface area contributed by atoms with E-state index in [1.54, 1.807) is 13.8 Å². The summed E-state index contributed by atoms with van der Waals surface area (Å²) in [6, 6.07) is -1.15. The monoisotopic (exact) mass is 282 g/mol. The van der Waals surface area contributed by atoms with Crippen LogP contribution in [0.15, 0.2) is 0 Å². The first-order valence-corrected chi connectivity index (χ1v) is 7.89. The van der Waals surface area contributed by atoms with Gasteiger partial charge >= 0.3 is 5.97 Å². The Balaban J connectivity index is 2.99. The van der Waals surface area contributed by atoms with E-state index in [0.29, 0.717) is 11.5 Å². The number of hydrogen-bond donors (Lipinski definition) is 1. The van der Waals surface area contributed by atoms with Gasteiger partial charge in [-0.25, -0.2) is 0 Å². The van der Waals surface area contributed by atoms with Gasteiger partial charge in [0, 0.05) is 31.1 Å². The molecule has 1 atom stereocenters. The van der Waals surface area contributed by atoms with Gasteiger partial charge in [0.25, 0.3) is 10.2 Å². The Hall–Kier alpha value is -0.310. The van der Waals surface area contributed by atoms with Gasteiger partial charge in [0.2, 0.25) is 0 Å². The van der Waals surface area contributed by atoms with Crippen LogP contribution in [0, 0.1) is 0 Å². The molecular weight excluding hydrogens is 264 g/mol. The second kappa shape index (κ2) is 5.55. The van der Waals surface area contributed by atoms with Crippen molar-refractivity contribution in [1.29, 1.82) is 0 Å². The molecule has 0 saturated carbocycles. The van der Waals surface area contributed by atoms with Gasteiger partial charge in [-0.1, -0.05) is 0 Å². The zero-order valence-electron chi connectivity index (χ0n) is 10.2. The number of nitrogens with zero attached hydrogens (tertiary/aromatic N) is 2. The summed E-state index contributed by atoms with van der Waals surface area (Å²) in [5, 5.41) is 9.05. The van der Waals surface area contributed by atoms with E-state index < -0.39 is 22.2 Å². The van der Waals surface area contributed by atoms with Gasteiger partial charge in [-0.3, -0.25) is 4.79 Å². The van der Waals surface area contributed by atoms with Gasteiger partial charge in [-0.2, -0.15) is 28.8 Å². The molecule has 1 saturated heterocycles. The number of carboxylic acid groups (broad SMARTS) is 1. The van der Waals surface area contributed by atoms with Gasteiger partial charge in [-0.05, 0) is 13.8 Å². The van der Waals surface area contributed by atoms with Gasteiger partial charge in [0.05, 0.1) is 0 Å². The predicted octanol–water partition coefficient (Wildman–Crippen LogP) is 0.0734. The Bertz CT molecular complexity index is 382. The molecule has 0 aromatic rings. The largest absolute Gasteiger partial charge is 0.480 e. The summed E-state index contributed by atoms with van der Waals surface area (Å²) in [7, 11) is -2.21. The standard InChI is InChI=1S/C9H18N2O4S2/c1-7(2)10(3)17(14,15)11-4-5-16-6-8(11)9(12)13/h7-8H,4-6H2,1-3H3,(H,12,13). The highest BCUT2D eigenvalue weighted by Crippen LogP contribution is 2.22. The minimum Gasteiger partial charge on any atom is -0.480 e. The second-order valence-electron chi connectivity index (χ2n) is 4.16. The number of carbonyl (C=O) groups is 1. The van der Waals surface area contributed by atoms with Crippen LogP contribution in [0.4, 0.5) is 0 Å². The fourth-order valence-electron chi connectivity index (χ4n) is 1.49. The van der Waals surface area contributed by atoms with Gasteiger partial charge in [0.1, 0.15) is 6.04 Å². The van der Waals surface area contributed by atoms with Crippen LogP contribution >= 0.6 is 11.8 Å². The number of carboxylic acids is 1. The highest BCUT2D eigenvalue weighted by atomic mass is 32.2. The molecule has 1 rings (SSSR count). The summed E-state index contributed by atoms with van der Waals surface area (Å²) >= 11 is 1.47. The molecule has 1 unspecified atom stereocenters. The Morgan fingerprint density at radius 2 is 2.12 bits per heavy atom.